The van der Waals surface area contributed by atoms with Gasteiger partial charge in [-0.3, -0.25) is 0 Å². The number of hydrogen-bond donors (Lipinski definition) is 1. The van der Waals surface area contributed by atoms with E-state index in [2.05, 4.69) is 20.3 Å². The Morgan fingerprint density at radius 1 is 1.19 bits per heavy atom. The van der Waals surface area contributed by atoms with Crippen molar-refractivity contribution >= 4 is 26.6 Å². The van der Waals surface area contributed by atoms with Crippen LogP contribution in [0.2, 0.25) is 0 Å². The lowest BCUT2D eigenvalue weighted by atomic mass is 10.3. The summed E-state index contributed by atoms with van der Waals surface area (Å²) in [5.41, 5.74) is -0.125. The molecule has 3 heterocycles. The molecule has 27 heavy (non-hydrogen) atoms. The van der Waals surface area contributed by atoms with E-state index < -0.39 is 21.7 Å². The fourth-order valence-corrected chi connectivity index (χ4v) is 3.65. The largest absolute Gasteiger partial charge is 0.433 e. The number of nitrogens with zero attached hydrogens (tertiary/aromatic N) is 4. The van der Waals surface area contributed by atoms with Gasteiger partial charge in [0.1, 0.15) is 11.4 Å². The second-order valence-electron chi connectivity index (χ2n) is 5.77. The number of hydrogen-bond acceptors (Lipinski definition) is 6. The standard InChI is InChI=1S/C16H16F3N5O2S/c1-4-27(25,26)12-5-9(20-2)7-22-14(12)15-23-10-6-13(16(17,18)19)21-8-11(10)24(15)3/h5-8,20H,4H2,1-3H3. The zero-order valence-electron chi connectivity index (χ0n) is 14.7. The molecule has 0 bridgehead atoms. The van der Waals surface area contributed by atoms with Crippen LogP contribution in [0.15, 0.2) is 29.4 Å². The molecule has 0 unspecified atom stereocenters. The smallest absolute Gasteiger partial charge is 0.387 e. The third-order valence-electron chi connectivity index (χ3n) is 4.13. The minimum absolute atomic E-state index is 0.0424. The molecule has 0 radical (unpaired) electrons. The Morgan fingerprint density at radius 2 is 1.89 bits per heavy atom. The number of halogens is 3. The van der Waals surface area contributed by atoms with Crippen LogP contribution in [0.5, 0.6) is 0 Å². The Kier molecular flexibility index (Phi) is 4.58. The molecule has 0 amide bonds. The summed E-state index contributed by atoms with van der Waals surface area (Å²) in [7, 11) is -0.458. The molecule has 0 saturated heterocycles. The Labute approximate surface area is 153 Å². The number of sulfone groups is 1. The zero-order chi connectivity index (χ0) is 20.0. The Balaban J connectivity index is 2.28. The molecule has 0 spiro atoms. The number of alkyl halides is 3. The van der Waals surface area contributed by atoms with Crippen LogP contribution >= 0.6 is 0 Å². The molecule has 1 N–H and O–H groups in total. The van der Waals surface area contributed by atoms with Crippen molar-refractivity contribution in [1.29, 1.82) is 0 Å². The molecule has 0 saturated carbocycles. The van der Waals surface area contributed by atoms with Crippen molar-refractivity contribution in [3.8, 4) is 11.5 Å². The van der Waals surface area contributed by atoms with Crippen LogP contribution in [-0.2, 0) is 23.1 Å². The van der Waals surface area contributed by atoms with Crippen molar-refractivity contribution in [3.05, 3.63) is 30.2 Å². The molecule has 3 rings (SSSR count). The maximum atomic E-state index is 12.9. The summed E-state index contributed by atoms with van der Waals surface area (Å²) in [6.45, 7) is 1.50. The van der Waals surface area contributed by atoms with Gasteiger partial charge in [0.15, 0.2) is 15.7 Å². The highest BCUT2D eigenvalue weighted by Gasteiger charge is 2.33. The van der Waals surface area contributed by atoms with Crippen LogP contribution in [0.3, 0.4) is 0 Å². The molecule has 3 aromatic heterocycles. The zero-order valence-corrected chi connectivity index (χ0v) is 15.5. The van der Waals surface area contributed by atoms with Crippen molar-refractivity contribution in [2.75, 3.05) is 18.1 Å². The van der Waals surface area contributed by atoms with E-state index in [9.17, 15) is 21.6 Å². The van der Waals surface area contributed by atoms with Gasteiger partial charge < -0.3 is 9.88 Å². The molecule has 0 aliphatic heterocycles. The summed E-state index contributed by atoms with van der Waals surface area (Å²) in [5, 5.41) is 2.82. The van der Waals surface area contributed by atoms with Crippen molar-refractivity contribution in [2.45, 2.75) is 18.0 Å². The van der Waals surface area contributed by atoms with E-state index in [1.54, 1.807) is 14.1 Å². The van der Waals surface area contributed by atoms with Gasteiger partial charge in [-0.05, 0) is 12.1 Å². The molecular weight excluding hydrogens is 383 g/mol. The third-order valence-corrected chi connectivity index (χ3v) is 5.87. The van der Waals surface area contributed by atoms with Crippen LogP contribution in [0.1, 0.15) is 12.6 Å². The highest BCUT2D eigenvalue weighted by Crippen LogP contribution is 2.32. The lowest BCUT2D eigenvalue weighted by molar-refractivity contribution is -0.141. The number of aromatic nitrogens is 4. The number of aryl methyl sites for hydroxylation is 1. The first-order valence-electron chi connectivity index (χ1n) is 7.89. The minimum atomic E-state index is -4.60. The van der Waals surface area contributed by atoms with Gasteiger partial charge in [0.25, 0.3) is 0 Å². The lowest BCUT2D eigenvalue weighted by Crippen LogP contribution is -2.09. The number of pyridine rings is 2. The Bertz CT molecular complexity index is 1120. The SMILES string of the molecule is CCS(=O)(=O)c1cc(NC)cnc1-c1nc2cc(C(F)(F)F)ncc2n1C. The molecule has 11 heteroatoms. The van der Waals surface area contributed by atoms with Crippen LogP contribution in [0.4, 0.5) is 18.9 Å². The number of nitrogens with one attached hydrogen (secondary N) is 1. The van der Waals surface area contributed by atoms with Gasteiger partial charge in [-0.15, -0.1) is 0 Å². The molecule has 3 aromatic rings. The second kappa shape index (κ2) is 6.48. The topological polar surface area (TPSA) is 89.8 Å². The van der Waals surface area contributed by atoms with Crippen LogP contribution in [0, 0.1) is 0 Å². The Hall–Kier alpha value is -2.69. The predicted molar refractivity (Wildman–Crippen MR) is 94.0 cm³/mol. The molecular formula is C16H16F3N5O2S. The summed E-state index contributed by atoms with van der Waals surface area (Å²) in [5.74, 6) is -0.0146. The quantitative estimate of drug-likeness (QED) is 0.726. The van der Waals surface area contributed by atoms with Crippen LogP contribution < -0.4 is 5.32 Å². The minimum Gasteiger partial charge on any atom is -0.387 e. The van der Waals surface area contributed by atoms with Gasteiger partial charge in [0.2, 0.25) is 0 Å². The maximum absolute atomic E-state index is 12.9. The van der Waals surface area contributed by atoms with E-state index in [-0.39, 0.29) is 27.7 Å². The summed E-state index contributed by atoms with van der Waals surface area (Å²) in [6, 6.07) is 2.26. The van der Waals surface area contributed by atoms with Gasteiger partial charge in [-0.25, -0.2) is 23.4 Å². The van der Waals surface area contributed by atoms with Crippen LogP contribution in [0.25, 0.3) is 22.6 Å². The lowest BCUT2D eigenvalue weighted by Gasteiger charge is -2.10. The summed E-state index contributed by atoms with van der Waals surface area (Å²) >= 11 is 0. The van der Waals surface area contributed by atoms with Crippen molar-refractivity contribution < 1.29 is 21.6 Å². The fraction of sp³-hybridized carbons (Fsp3) is 0.312. The highest BCUT2D eigenvalue weighted by atomic mass is 32.2. The van der Waals surface area contributed by atoms with Gasteiger partial charge in [0.05, 0.1) is 39.8 Å². The Morgan fingerprint density at radius 3 is 2.48 bits per heavy atom. The predicted octanol–water partition coefficient (Wildman–Crippen LogP) is 2.88. The molecule has 0 aromatic carbocycles. The third kappa shape index (κ3) is 3.34. The van der Waals surface area contributed by atoms with Crippen molar-refractivity contribution in [1.82, 2.24) is 19.5 Å². The number of fused-ring (bicyclic) bond motifs is 1. The first-order valence-corrected chi connectivity index (χ1v) is 9.54. The van der Waals surface area contributed by atoms with Gasteiger partial charge >= 0.3 is 6.18 Å². The van der Waals surface area contributed by atoms with Gasteiger partial charge in [0, 0.05) is 14.1 Å². The van der Waals surface area contributed by atoms with Crippen molar-refractivity contribution in [3.63, 3.8) is 0 Å². The van der Waals surface area contributed by atoms with Crippen LogP contribution in [-0.4, -0.2) is 40.7 Å². The molecule has 0 aliphatic carbocycles. The number of imidazole rings is 1. The van der Waals surface area contributed by atoms with Gasteiger partial charge in [-0.2, -0.15) is 13.2 Å². The molecule has 0 aliphatic rings. The monoisotopic (exact) mass is 399 g/mol. The average molecular weight is 399 g/mol. The number of anilines is 1. The highest BCUT2D eigenvalue weighted by molar-refractivity contribution is 7.91. The van der Waals surface area contributed by atoms with Crippen molar-refractivity contribution in [2.24, 2.45) is 7.05 Å². The normalized spacial score (nSPS) is 12.5. The van der Waals surface area contributed by atoms with E-state index in [1.807, 2.05) is 0 Å². The maximum Gasteiger partial charge on any atom is 0.433 e. The number of rotatable bonds is 4. The summed E-state index contributed by atoms with van der Waals surface area (Å²) in [6.07, 6.45) is -2.11. The van der Waals surface area contributed by atoms with E-state index >= 15 is 0 Å². The fourth-order valence-electron chi connectivity index (χ4n) is 2.60. The average Bonchev–Trinajstić information content (AvgIpc) is 2.96. The van der Waals surface area contributed by atoms with Gasteiger partial charge in [-0.1, -0.05) is 6.92 Å². The molecule has 144 valence electrons. The molecule has 0 fully saturated rings. The first kappa shape index (κ1) is 19.1. The van der Waals surface area contributed by atoms with E-state index in [4.69, 9.17) is 0 Å². The molecule has 7 nitrogen and oxygen atoms in total. The first-order chi connectivity index (χ1) is 12.6. The summed E-state index contributed by atoms with van der Waals surface area (Å²) < 4.78 is 65.2. The van der Waals surface area contributed by atoms with E-state index in [0.717, 1.165) is 12.3 Å². The second-order valence-corrected chi connectivity index (χ2v) is 8.02. The van der Waals surface area contributed by atoms with E-state index in [1.165, 1.54) is 23.8 Å². The summed E-state index contributed by atoms with van der Waals surface area (Å²) in [4.78, 5) is 11.8. The van der Waals surface area contributed by atoms with E-state index in [0.29, 0.717) is 11.2 Å². The molecule has 0 atom stereocenters.